The van der Waals surface area contributed by atoms with Crippen LogP contribution in [0.25, 0.3) is 0 Å². The summed E-state index contributed by atoms with van der Waals surface area (Å²) in [6.07, 6.45) is 4.89. The van der Waals surface area contributed by atoms with Crippen molar-refractivity contribution in [2.75, 3.05) is 32.1 Å². The normalized spacial score (nSPS) is 16.0. The summed E-state index contributed by atoms with van der Waals surface area (Å²) < 4.78 is 6.17. The van der Waals surface area contributed by atoms with Gasteiger partial charge in [0.05, 0.1) is 12.6 Å². The third kappa shape index (κ3) is 5.17. The topological polar surface area (TPSA) is 70.6 Å². The zero-order valence-corrected chi connectivity index (χ0v) is 18.5. The number of ether oxygens (including phenoxy) is 1. The summed E-state index contributed by atoms with van der Waals surface area (Å²) in [5.74, 6) is 1.18. The Morgan fingerprint density at radius 1 is 1.03 bits per heavy atom. The summed E-state index contributed by atoms with van der Waals surface area (Å²) in [6, 6.07) is 19.8. The zero-order chi connectivity index (χ0) is 22.3. The number of nitrogens with one attached hydrogen (secondary N) is 1. The molecule has 32 heavy (non-hydrogen) atoms. The number of likely N-dealkylation sites (tertiary alicyclic amines) is 1. The number of urea groups is 1. The van der Waals surface area contributed by atoms with Gasteiger partial charge in [-0.2, -0.15) is 0 Å². The van der Waals surface area contributed by atoms with E-state index in [0.29, 0.717) is 24.8 Å². The second-order valence-corrected chi connectivity index (χ2v) is 8.11. The van der Waals surface area contributed by atoms with E-state index < -0.39 is 0 Å². The average molecular weight is 432 g/mol. The number of benzene rings is 2. The van der Waals surface area contributed by atoms with Crippen LogP contribution in [-0.2, 0) is 0 Å². The Labute approximate surface area is 189 Å². The number of piperidine rings is 1. The van der Waals surface area contributed by atoms with E-state index in [1.54, 1.807) is 12.4 Å². The molecule has 1 unspecified atom stereocenters. The van der Waals surface area contributed by atoms with Crippen molar-refractivity contribution in [1.82, 2.24) is 20.2 Å². The quantitative estimate of drug-likeness (QED) is 0.641. The molecule has 4 rings (SSSR count). The van der Waals surface area contributed by atoms with Crippen LogP contribution in [0.3, 0.4) is 0 Å². The lowest BCUT2D eigenvalue weighted by molar-refractivity contribution is 0.0972. The van der Waals surface area contributed by atoms with Crippen molar-refractivity contribution < 1.29 is 9.53 Å². The van der Waals surface area contributed by atoms with E-state index in [0.717, 1.165) is 24.0 Å². The van der Waals surface area contributed by atoms with Crippen molar-refractivity contribution in [3.63, 3.8) is 0 Å². The van der Waals surface area contributed by atoms with Crippen molar-refractivity contribution >= 4 is 11.8 Å². The molecule has 0 aliphatic carbocycles. The molecule has 1 saturated heterocycles. The number of anilines is 1. The van der Waals surface area contributed by atoms with E-state index in [4.69, 9.17) is 4.74 Å². The molecule has 1 fully saturated rings. The fraction of sp³-hybridized carbons (Fsp3) is 0.320. The minimum absolute atomic E-state index is 0.0945. The van der Waals surface area contributed by atoms with Crippen LogP contribution in [0.5, 0.6) is 5.88 Å². The molecule has 2 aromatic carbocycles. The van der Waals surface area contributed by atoms with Crippen LogP contribution < -0.4 is 15.0 Å². The van der Waals surface area contributed by atoms with Crippen molar-refractivity contribution in [1.29, 1.82) is 0 Å². The predicted molar refractivity (Wildman–Crippen MR) is 125 cm³/mol. The number of hydrogen-bond acceptors (Lipinski definition) is 5. The van der Waals surface area contributed by atoms with E-state index in [9.17, 15) is 4.79 Å². The fourth-order valence-electron chi connectivity index (χ4n) is 3.95. The van der Waals surface area contributed by atoms with E-state index in [1.807, 2.05) is 84.6 Å². The maximum atomic E-state index is 13.3. The highest BCUT2D eigenvalue weighted by atomic mass is 16.5. The molecule has 0 bridgehead atoms. The lowest BCUT2D eigenvalue weighted by atomic mass is 9.99. The van der Waals surface area contributed by atoms with Gasteiger partial charge in [0.1, 0.15) is 6.10 Å². The molecule has 1 atom stereocenters. The third-order valence-electron chi connectivity index (χ3n) is 5.55. The number of amides is 2. The lowest BCUT2D eigenvalue weighted by Gasteiger charge is -2.34. The van der Waals surface area contributed by atoms with Gasteiger partial charge in [-0.15, -0.1) is 0 Å². The van der Waals surface area contributed by atoms with Gasteiger partial charge in [0.15, 0.2) is 5.82 Å². The van der Waals surface area contributed by atoms with Crippen LogP contribution in [0.1, 0.15) is 30.0 Å². The standard InChI is InChI=1S/C25H29N5O2/c1-29(2)23-24(27-16-15-26-23)32-21-14-9-17-30(18-21)25(31)28-22(19-10-5-3-6-11-19)20-12-7-4-8-13-20/h3-8,10-13,15-16,21-22H,9,14,17-18H2,1-2H3,(H,28,31). The molecule has 1 aromatic heterocycles. The summed E-state index contributed by atoms with van der Waals surface area (Å²) in [5, 5.41) is 3.23. The molecule has 7 nitrogen and oxygen atoms in total. The molecule has 0 spiro atoms. The minimum Gasteiger partial charge on any atom is -0.470 e. The largest absolute Gasteiger partial charge is 0.470 e. The molecule has 2 heterocycles. The third-order valence-corrected chi connectivity index (χ3v) is 5.55. The summed E-state index contributed by atoms with van der Waals surface area (Å²) >= 11 is 0. The van der Waals surface area contributed by atoms with Gasteiger partial charge >= 0.3 is 6.03 Å². The average Bonchev–Trinajstić information content (AvgIpc) is 2.84. The minimum atomic E-state index is -0.216. The first kappa shape index (κ1) is 21.6. The summed E-state index contributed by atoms with van der Waals surface area (Å²) in [4.78, 5) is 25.7. The Morgan fingerprint density at radius 3 is 2.28 bits per heavy atom. The fourth-order valence-corrected chi connectivity index (χ4v) is 3.95. The Kier molecular flexibility index (Phi) is 6.84. The first-order chi connectivity index (χ1) is 15.6. The molecule has 3 aromatic rings. The second kappa shape index (κ2) is 10.1. The molecular formula is C25H29N5O2. The highest BCUT2D eigenvalue weighted by Crippen LogP contribution is 2.25. The van der Waals surface area contributed by atoms with Gasteiger partial charge in [0.25, 0.3) is 5.88 Å². The number of hydrogen-bond donors (Lipinski definition) is 1. The second-order valence-electron chi connectivity index (χ2n) is 8.11. The summed E-state index contributed by atoms with van der Waals surface area (Å²) in [7, 11) is 3.82. The van der Waals surface area contributed by atoms with Gasteiger partial charge in [-0.1, -0.05) is 60.7 Å². The molecule has 2 amide bonds. The maximum absolute atomic E-state index is 13.3. The zero-order valence-electron chi connectivity index (χ0n) is 18.5. The molecule has 0 saturated carbocycles. The Balaban J connectivity index is 1.46. The summed E-state index contributed by atoms with van der Waals surface area (Å²) in [6.45, 7) is 1.20. The first-order valence-electron chi connectivity index (χ1n) is 10.9. The number of nitrogens with zero attached hydrogens (tertiary/aromatic N) is 4. The molecule has 1 aliphatic heterocycles. The molecule has 166 valence electrons. The Bertz CT molecular complexity index is 974. The Morgan fingerprint density at radius 2 is 1.66 bits per heavy atom. The van der Waals surface area contributed by atoms with Crippen LogP contribution in [-0.4, -0.2) is 54.2 Å². The lowest BCUT2D eigenvalue weighted by Crippen LogP contribution is -2.49. The van der Waals surface area contributed by atoms with Gasteiger partial charge in [-0.25, -0.2) is 14.8 Å². The molecule has 7 heteroatoms. The van der Waals surface area contributed by atoms with Gasteiger partial charge < -0.3 is 19.9 Å². The van der Waals surface area contributed by atoms with Crippen molar-refractivity contribution in [2.45, 2.75) is 25.0 Å². The van der Waals surface area contributed by atoms with E-state index in [2.05, 4.69) is 15.3 Å². The molecule has 1 aliphatic rings. The van der Waals surface area contributed by atoms with Crippen LogP contribution in [0.4, 0.5) is 10.6 Å². The van der Waals surface area contributed by atoms with Gasteiger partial charge in [0, 0.05) is 33.0 Å². The maximum Gasteiger partial charge on any atom is 0.318 e. The number of carbonyl (C=O) groups is 1. The highest BCUT2D eigenvalue weighted by molar-refractivity contribution is 5.75. The monoisotopic (exact) mass is 431 g/mol. The van der Waals surface area contributed by atoms with E-state index in [-0.39, 0.29) is 18.2 Å². The molecular weight excluding hydrogens is 402 g/mol. The number of aromatic nitrogens is 2. The Hall–Kier alpha value is -3.61. The van der Waals surface area contributed by atoms with Crippen LogP contribution in [0, 0.1) is 0 Å². The van der Waals surface area contributed by atoms with Crippen LogP contribution >= 0.6 is 0 Å². The number of rotatable bonds is 6. The van der Waals surface area contributed by atoms with Crippen molar-refractivity contribution in [2.24, 2.45) is 0 Å². The van der Waals surface area contributed by atoms with Crippen LogP contribution in [0.15, 0.2) is 73.1 Å². The van der Waals surface area contributed by atoms with Gasteiger partial charge in [0.2, 0.25) is 0 Å². The van der Waals surface area contributed by atoms with Crippen molar-refractivity contribution in [3.05, 3.63) is 84.2 Å². The molecule has 1 N–H and O–H groups in total. The van der Waals surface area contributed by atoms with E-state index in [1.165, 1.54) is 0 Å². The highest BCUT2D eigenvalue weighted by Gasteiger charge is 2.28. The number of carbonyl (C=O) groups excluding carboxylic acids is 1. The summed E-state index contributed by atoms with van der Waals surface area (Å²) in [5.41, 5.74) is 2.10. The smallest absolute Gasteiger partial charge is 0.318 e. The van der Waals surface area contributed by atoms with Gasteiger partial charge in [-0.3, -0.25) is 0 Å². The van der Waals surface area contributed by atoms with E-state index >= 15 is 0 Å². The van der Waals surface area contributed by atoms with Crippen molar-refractivity contribution in [3.8, 4) is 5.88 Å². The SMILES string of the molecule is CN(C)c1nccnc1OC1CCCN(C(=O)NC(c2ccccc2)c2ccccc2)C1. The predicted octanol–water partition coefficient (Wildman–Crippen LogP) is 3.89. The van der Waals surface area contributed by atoms with Gasteiger partial charge in [-0.05, 0) is 24.0 Å². The first-order valence-corrected chi connectivity index (χ1v) is 10.9. The molecule has 0 radical (unpaired) electrons. The van der Waals surface area contributed by atoms with Crippen LogP contribution in [0.2, 0.25) is 0 Å².